The second-order valence-electron chi connectivity index (χ2n) is 6.43. The Kier molecular flexibility index (Phi) is 4.53. The van der Waals surface area contributed by atoms with Crippen LogP contribution in [0, 0.1) is 6.92 Å². The number of rotatable bonds is 4. The quantitative estimate of drug-likeness (QED) is 0.819. The van der Waals surface area contributed by atoms with Crippen molar-refractivity contribution in [3.63, 3.8) is 0 Å². The lowest BCUT2D eigenvalue weighted by atomic mass is 9.95. The van der Waals surface area contributed by atoms with Crippen LogP contribution in [0.25, 0.3) is 0 Å². The van der Waals surface area contributed by atoms with E-state index in [0.29, 0.717) is 29.9 Å². The van der Waals surface area contributed by atoms with Gasteiger partial charge in [0.15, 0.2) is 11.5 Å². The van der Waals surface area contributed by atoms with Crippen LogP contribution < -0.4 is 14.2 Å². The van der Waals surface area contributed by atoms with Gasteiger partial charge in [-0.25, -0.2) is 13.1 Å². The SMILES string of the molecule is Cc1cc2c(cc1S(=O)(=O)NCC1(O)CCCCCC1)OCO2. The Morgan fingerprint density at radius 1 is 1.13 bits per heavy atom. The maximum atomic E-state index is 12.6. The molecule has 23 heavy (non-hydrogen) atoms. The molecule has 1 aromatic carbocycles. The van der Waals surface area contributed by atoms with Crippen LogP contribution in [0.4, 0.5) is 0 Å². The van der Waals surface area contributed by atoms with Crippen LogP contribution in [0.3, 0.4) is 0 Å². The van der Waals surface area contributed by atoms with E-state index in [-0.39, 0.29) is 18.2 Å². The maximum absolute atomic E-state index is 12.6. The maximum Gasteiger partial charge on any atom is 0.241 e. The molecule has 0 bridgehead atoms. The second-order valence-corrected chi connectivity index (χ2v) is 8.17. The number of hydrogen-bond acceptors (Lipinski definition) is 5. The number of hydrogen-bond donors (Lipinski definition) is 2. The van der Waals surface area contributed by atoms with E-state index >= 15 is 0 Å². The molecule has 7 heteroatoms. The molecule has 0 aromatic heterocycles. The molecule has 1 saturated carbocycles. The summed E-state index contributed by atoms with van der Waals surface area (Å²) >= 11 is 0. The van der Waals surface area contributed by atoms with E-state index in [2.05, 4.69) is 4.72 Å². The van der Waals surface area contributed by atoms with Crippen molar-refractivity contribution in [1.29, 1.82) is 0 Å². The number of aliphatic hydroxyl groups is 1. The highest BCUT2D eigenvalue weighted by Crippen LogP contribution is 2.36. The van der Waals surface area contributed by atoms with E-state index in [1.165, 1.54) is 6.07 Å². The zero-order valence-electron chi connectivity index (χ0n) is 13.3. The highest BCUT2D eigenvalue weighted by atomic mass is 32.2. The van der Waals surface area contributed by atoms with Crippen molar-refractivity contribution in [3.8, 4) is 11.5 Å². The highest BCUT2D eigenvalue weighted by molar-refractivity contribution is 7.89. The van der Waals surface area contributed by atoms with Crippen molar-refractivity contribution in [2.75, 3.05) is 13.3 Å². The minimum absolute atomic E-state index is 0.0449. The van der Waals surface area contributed by atoms with E-state index < -0.39 is 15.6 Å². The van der Waals surface area contributed by atoms with E-state index in [4.69, 9.17) is 9.47 Å². The van der Waals surface area contributed by atoms with Gasteiger partial charge in [-0.3, -0.25) is 0 Å². The standard InChI is InChI=1S/C16H23NO5S/c1-12-8-13-14(22-11-21-13)9-15(12)23(19,20)17-10-16(18)6-4-2-3-5-7-16/h8-9,17-18H,2-7,10-11H2,1H3. The minimum Gasteiger partial charge on any atom is -0.454 e. The Morgan fingerprint density at radius 2 is 1.74 bits per heavy atom. The van der Waals surface area contributed by atoms with Crippen LogP contribution >= 0.6 is 0 Å². The molecule has 0 atom stereocenters. The van der Waals surface area contributed by atoms with Crippen LogP contribution in [0.2, 0.25) is 0 Å². The zero-order valence-corrected chi connectivity index (χ0v) is 14.1. The van der Waals surface area contributed by atoms with Gasteiger partial charge in [-0.15, -0.1) is 0 Å². The number of ether oxygens (including phenoxy) is 2. The summed E-state index contributed by atoms with van der Waals surface area (Å²) in [5, 5.41) is 10.6. The smallest absolute Gasteiger partial charge is 0.241 e. The van der Waals surface area contributed by atoms with Gasteiger partial charge in [0, 0.05) is 12.6 Å². The fourth-order valence-electron chi connectivity index (χ4n) is 3.19. The molecule has 0 spiro atoms. The Hall–Kier alpha value is -1.31. The summed E-state index contributed by atoms with van der Waals surface area (Å²) in [6.45, 7) is 1.87. The number of fused-ring (bicyclic) bond motifs is 1. The molecule has 1 heterocycles. The van der Waals surface area contributed by atoms with E-state index in [1.54, 1.807) is 13.0 Å². The average Bonchev–Trinajstić information content (AvgIpc) is 2.84. The molecule has 0 saturated heterocycles. The van der Waals surface area contributed by atoms with E-state index in [1.807, 2.05) is 0 Å². The van der Waals surface area contributed by atoms with E-state index in [0.717, 1.165) is 25.7 Å². The van der Waals surface area contributed by atoms with E-state index in [9.17, 15) is 13.5 Å². The van der Waals surface area contributed by atoms with Crippen molar-refractivity contribution in [3.05, 3.63) is 17.7 Å². The van der Waals surface area contributed by atoms with Crippen LogP contribution in [0.15, 0.2) is 17.0 Å². The van der Waals surface area contributed by atoms with Crippen molar-refractivity contribution in [2.45, 2.75) is 55.9 Å². The molecule has 1 fully saturated rings. The Labute approximate surface area is 136 Å². The molecule has 1 aliphatic heterocycles. The lowest BCUT2D eigenvalue weighted by molar-refractivity contribution is 0.0303. The van der Waals surface area contributed by atoms with Gasteiger partial charge in [-0.05, 0) is 31.4 Å². The number of aryl methyl sites for hydroxylation is 1. The molecular weight excluding hydrogens is 318 g/mol. The molecule has 0 unspecified atom stereocenters. The topological polar surface area (TPSA) is 84.9 Å². The molecule has 128 valence electrons. The highest BCUT2D eigenvalue weighted by Gasteiger charge is 2.31. The minimum atomic E-state index is -3.71. The normalized spacial score (nSPS) is 20.3. The lowest BCUT2D eigenvalue weighted by Crippen LogP contribution is -2.42. The predicted molar refractivity (Wildman–Crippen MR) is 85.1 cm³/mol. The number of sulfonamides is 1. The van der Waals surface area contributed by atoms with Crippen molar-refractivity contribution >= 4 is 10.0 Å². The molecule has 1 aromatic rings. The Bertz CT molecular complexity index is 678. The van der Waals surface area contributed by atoms with Gasteiger partial charge >= 0.3 is 0 Å². The first-order valence-electron chi connectivity index (χ1n) is 8.02. The Morgan fingerprint density at radius 3 is 2.39 bits per heavy atom. The average molecular weight is 341 g/mol. The van der Waals surface area contributed by atoms with Gasteiger partial charge in [0.25, 0.3) is 0 Å². The van der Waals surface area contributed by atoms with Crippen LogP contribution in [0.5, 0.6) is 11.5 Å². The molecule has 1 aliphatic carbocycles. The summed E-state index contributed by atoms with van der Waals surface area (Å²) in [4.78, 5) is 0.166. The molecule has 0 amide bonds. The Balaban J connectivity index is 1.77. The van der Waals surface area contributed by atoms with Crippen molar-refractivity contribution in [1.82, 2.24) is 4.72 Å². The first-order valence-corrected chi connectivity index (χ1v) is 9.50. The summed E-state index contributed by atoms with van der Waals surface area (Å²) in [6, 6.07) is 3.15. The summed E-state index contributed by atoms with van der Waals surface area (Å²) in [6.07, 6.45) is 5.32. The van der Waals surface area contributed by atoms with Gasteiger partial charge in [-0.2, -0.15) is 0 Å². The van der Waals surface area contributed by atoms with Crippen LogP contribution in [-0.2, 0) is 10.0 Å². The summed E-state index contributed by atoms with van der Waals surface area (Å²) in [5.41, 5.74) is -0.358. The number of nitrogens with one attached hydrogen (secondary N) is 1. The fraction of sp³-hybridized carbons (Fsp3) is 0.625. The van der Waals surface area contributed by atoms with Gasteiger partial charge in [0.1, 0.15) is 0 Å². The van der Waals surface area contributed by atoms with Gasteiger partial charge in [-0.1, -0.05) is 25.7 Å². The monoisotopic (exact) mass is 341 g/mol. The third-order valence-electron chi connectivity index (χ3n) is 4.59. The molecule has 0 radical (unpaired) electrons. The summed E-state index contributed by atoms with van der Waals surface area (Å²) in [7, 11) is -3.71. The van der Waals surface area contributed by atoms with Crippen molar-refractivity contribution in [2.24, 2.45) is 0 Å². The lowest BCUT2D eigenvalue weighted by Gasteiger charge is -2.26. The second kappa shape index (κ2) is 6.30. The zero-order chi connectivity index (χ0) is 16.5. The summed E-state index contributed by atoms with van der Waals surface area (Å²) < 4.78 is 38.3. The third-order valence-corrected chi connectivity index (χ3v) is 6.13. The van der Waals surface area contributed by atoms with Gasteiger partial charge in [0.05, 0.1) is 10.5 Å². The van der Waals surface area contributed by atoms with Crippen LogP contribution in [-0.4, -0.2) is 32.5 Å². The molecule has 6 nitrogen and oxygen atoms in total. The third kappa shape index (κ3) is 3.62. The predicted octanol–water partition coefficient (Wildman–Crippen LogP) is 2.09. The van der Waals surface area contributed by atoms with Gasteiger partial charge in [0.2, 0.25) is 16.8 Å². The summed E-state index contributed by atoms with van der Waals surface area (Å²) in [5.74, 6) is 0.994. The van der Waals surface area contributed by atoms with Crippen LogP contribution in [0.1, 0.15) is 44.1 Å². The molecule has 3 rings (SSSR count). The molecule has 2 N–H and O–H groups in total. The van der Waals surface area contributed by atoms with Gasteiger partial charge < -0.3 is 14.6 Å². The largest absolute Gasteiger partial charge is 0.454 e. The molecular formula is C16H23NO5S. The first kappa shape index (κ1) is 16.5. The fourth-order valence-corrected chi connectivity index (χ4v) is 4.54. The number of benzene rings is 1. The molecule has 2 aliphatic rings. The van der Waals surface area contributed by atoms with Crippen molar-refractivity contribution < 1.29 is 23.0 Å². The first-order chi connectivity index (χ1) is 10.9.